The maximum atomic E-state index is 12.9. The Labute approximate surface area is 176 Å². The van der Waals surface area contributed by atoms with Crippen LogP contribution in [-0.2, 0) is 10.0 Å². The average molecular weight is 449 g/mol. The van der Waals surface area contributed by atoms with Crippen LogP contribution in [0, 0.1) is 6.92 Å². The van der Waals surface area contributed by atoms with Crippen molar-refractivity contribution < 1.29 is 13.2 Å². The summed E-state index contributed by atoms with van der Waals surface area (Å²) in [4.78, 5) is 19.7. The first-order valence-corrected chi connectivity index (χ1v) is 12.3. The van der Waals surface area contributed by atoms with Crippen LogP contribution in [0.2, 0.25) is 0 Å². The molecule has 0 spiro atoms. The van der Waals surface area contributed by atoms with Gasteiger partial charge in [0.2, 0.25) is 10.0 Å². The number of hydrogen-bond donors (Lipinski definition) is 1. The highest BCUT2D eigenvalue weighted by atomic mass is 32.2. The van der Waals surface area contributed by atoms with Crippen molar-refractivity contribution >= 4 is 59.6 Å². The Kier molecular flexibility index (Phi) is 5.19. The van der Waals surface area contributed by atoms with E-state index in [1.807, 2.05) is 22.0 Å². The van der Waals surface area contributed by atoms with E-state index in [0.29, 0.717) is 29.2 Å². The number of amides is 1. The third-order valence-corrected chi connectivity index (χ3v) is 8.70. The van der Waals surface area contributed by atoms with Crippen LogP contribution < -0.4 is 5.32 Å². The number of sulfonamides is 1. The summed E-state index contributed by atoms with van der Waals surface area (Å²) in [6, 6.07) is 6.76. The summed E-state index contributed by atoms with van der Waals surface area (Å²) in [7, 11) is -3.61. The number of aryl methyl sites for hydroxylation is 1. The van der Waals surface area contributed by atoms with Crippen molar-refractivity contribution in [2.45, 2.75) is 25.7 Å². The third kappa shape index (κ3) is 3.46. The molecule has 4 aromatic rings. The minimum atomic E-state index is -3.61. The molecule has 1 aromatic carbocycles. The van der Waals surface area contributed by atoms with Crippen LogP contribution in [-0.4, -0.2) is 41.1 Å². The Balaban J connectivity index is 1.64. The number of benzene rings is 1. The standard InChI is InChI=1S/C19H20N4O3S3/c1-4-22(5-2)29(25,26)16-10-13(7-6-12(16)3)20-17(24)15-11-14-18(28-15)21-19-23(14)8-9-27-19/h6-11H,4-5H2,1-3H3,(H,20,24). The zero-order chi connectivity index (χ0) is 20.8. The van der Waals surface area contributed by atoms with E-state index in [1.165, 1.54) is 21.7 Å². The molecule has 152 valence electrons. The van der Waals surface area contributed by atoms with Crippen molar-refractivity contribution in [3.63, 3.8) is 0 Å². The van der Waals surface area contributed by atoms with Crippen LogP contribution in [0.1, 0.15) is 29.1 Å². The van der Waals surface area contributed by atoms with E-state index in [0.717, 1.165) is 15.3 Å². The van der Waals surface area contributed by atoms with E-state index in [9.17, 15) is 13.2 Å². The van der Waals surface area contributed by atoms with Gasteiger partial charge in [-0.25, -0.2) is 13.4 Å². The number of carbonyl (C=O) groups excluding carboxylic acids is 1. The van der Waals surface area contributed by atoms with Gasteiger partial charge in [0.25, 0.3) is 5.91 Å². The predicted molar refractivity (Wildman–Crippen MR) is 118 cm³/mol. The van der Waals surface area contributed by atoms with E-state index in [2.05, 4.69) is 10.3 Å². The molecule has 29 heavy (non-hydrogen) atoms. The molecule has 3 aromatic heterocycles. The quantitative estimate of drug-likeness (QED) is 0.479. The van der Waals surface area contributed by atoms with E-state index >= 15 is 0 Å². The summed E-state index contributed by atoms with van der Waals surface area (Å²) >= 11 is 2.86. The Hall–Kier alpha value is -2.27. The van der Waals surface area contributed by atoms with Gasteiger partial charge in [0.05, 0.1) is 15.3 Å². The molecule has 1 amide bonds. The molecule has 0 atom stereocenters. The maximum Gasteiger partial charge on any atom is 0.265 e. The SMILES string of the molecule is CCN(CC)S(=O)(=O)c1cc(NC(=O)c2cc3c(nc4sccn43)s2)ccc1C. The Bertz CT molecular complexity index is 1310. The molecule has 7 nitrogen and oxygen atoms in total. The fraction of sp³-hybridized carbons (Fsp3) is 0.263. The van der Waals surface area contributed by atoms with E-state index in [1.54, 1.807) is 44.2 Å². The molecule has 3 heterocycles. The van der Waals surface area contributed by atoms with Crippen molar-refractivity contribution in [2.75, 3.05) is 18.4 Å². The third-order valence-electron chi connectivity index (χ3n) is 4.73. The minimum Gasteiger partial charge on any atom is -0.321 e. The number of carbonyl (C=O) groups is 1. The first kappa shape index (κ1) is 20.0. The Morgan fingerprint density at radius 3 is 2.72 bits per heavy atom. The molecule has 0 aliphatic heterocycles. The van der Waals surface area contributed by atoms with Crippen LogP contribution in [0.15, 0.2) is 40.7 Å². The van der Waals surface area contributed by atoms with Crippen molar-refractivity contribution in [3.05, 3.63) is 46.3 Å². The minimum absolute atomic E-state index is 0.209. The van der Waals surface area contributed by atoms with Crippen LogP contribution in [0.5, 0.6) is 0 Å². The molecule has 0 radical (unpaired) electrons. The number of fused-ring (bicyclic) bond motifs is 3. The second-order valence-electron chi connectivity index (χ2n) is 6.49. The van der Waals surface area contributed by atoms with E-state index in [4.69, 9.17) is 0 Å². The van der Waals surface area contributed by atoms with E-state index in [-0.39, 0.29) is 10.8 Å². The van der Waals surface area contributed by atoms with Crippen LogP contribution in [0.3, 0.4) is 0 Å². The van der Waals surface area contributed by atoms with Crippen molar-refractivity contribution in [2.24, 2.45) is 0 Å². The smallest absolute Gasteiger partial charge is 0.265 e. The number of hydrogen-bond acceptors (Lipinski definition) is 6. The number of anilines is 1. The highest BCUT2D eigenvalue weighted by Gasteiger charge is 2.24. The van der Waals surface area contributed by atoms with Gasteiger partial charge in [0.15, 0.2) is 4.96 Å². The molecule has 0 fully saturated rings. The molecular formula is C19H20N4O3S3. The lowest BCUT2D eigenvalue weighted by Gasteiger charge is -2.20. The number of rotatable bonds is 6. The summed E-state index contributed by atoms with van der Waals surface area (Å²) in [5, 5.41) is 4.77. The van der Waals surface area contributed by atoms with Crippen molar-refractivity contribution in [1.29, 1.82) is 0 Å². The maximum absolute atomic E-state index is 12.9. The molecule has 0 aliphatic carbocycles. The monoisotopic (exact) mass is 448 g/mol. The Morgan fingerprint density at radius 1 is 1.24 bits per heavy atom. The number of nitrogens with one attached hydrogen (secondary N) is 1. The highest BCUT2D eigenvalue weighted by Crippen LogP contribution is 2.29. The Morgan fingerprint density at radius 2 is 2.00 bits per heavy atom. The molecule has 10 heteroatoms. The molecule has 0 unspecified atom stereocenters. The molecule has 1 N–H and O–H groups in total. The van der Waals surface area contributed by atoms with Crippen LogP contribution >= 0.6 is 22.7 Å². The first-order valence-electron chi connectivity index (χ1n) is 9.12. The summed E-state index contributed by atoms with van der Waals surface area (Å²) < 4.78 is 29.2. The van der Waals surface area contributed by atoms with Gasteiger partial charge >= 0.3 is 0 Å². The molecule has 4 rings (SSSR count). The first-order chi connectivity index (χ1) is 13.8. The number of thiazole rings is 1. The topological polar surface area (TPSA) is 83.8 Å². The highest BCUT2D eigenvalue weighted by molar-refractivity contribution is 7.89. The second-order valence-corrected chi connectivity index (χ2v) is 10.3. The van der Waals surface area contributed by atoms with Gasteiger partial charge in [-0.1, -0.05) is 19.9 Å². The lowest BCUT2D eigenvalue weighted by molar-refractivity contribution is 0.103. The van der Waals surface area contributed by atoms with Gasteiger partial charge in [-0.2, -0.15) is 4.31 Å². The summed E-state index contributed by atoms with van der Waals surface area (Å²) in [5.74, 6) is -0.285. The van der Waals surface area contributed by atoms with Crippen molar-refractivity contribution in [3.8, 4) is 0 Å². The van der Waals surface area contributed by atoms with Gasteiger partial charge in [0.1, 0.15) is 4.83 Å². The zero-order valence-corrected chi connectivity index (χ0v) is 18.6. The lowest BCUT2D eigenvalue weighted by atomic mass is 10.2. The van der Waals surface area contributed by atoms with Gasteiger partial charge in [-0.15, -0.1) is 22.7 Å². The predicted octanol–water partition coefficient (Wildman–Crippen LogP) is 4.20. The van der Waals surface area contributed by atoms with Gasteiger partial charge in [-0.05, 0) is 30.7 Å². The summed E-state index contributed by atoms with van der Waals surface area (Å²) in [6.07, 6.45) is 1.92. The van der Waals surface area contributed by atoms with Gasteiger partial charge in [-0.3, -0.25) is 9.20 Å². The molecule has 0 saturated heterocycles. The summed E-state index contributed by atoms with van der Waals surface area (Å²) in [6.45, 7) is 6.14. The molecule has 0 saturated carbocycles. The zero-order valence-electron chi connectivity index (χ0n) is 16.2. The number of imidazole rings is 1. The fourth-order valence-electron chi connectivity index (χ4n) is 3.21. The fourth-order valence-corrected chi connectivity index (χ4v) is 6.61. The van der Waals surface area contributed by atoms with Crippen molar-refractivity contribution in [1.82, 2.24) is 13.7 Å². The largest absolute Gasteiger partial charge is 0.321 e. The lowest BCUT2D eigenvalue weighted by Crippen LogP contribution is -2.31. The van der Waals surface area contributed by atoms with E-state index < -0.39 is 10.0 Å². The average Bonchev–Trinajstić information content (AvgIpc) is 3.36. The molecular weight excluding hydrogens is 428 g/mol. The summed E-state index contributed by atoms with van der Waals surface area (Å²) in [5.41, 5.74) is 1.98. The van der Waals surface area contributed by atoms with Crippen LogP contribution in [0.4, 0.5) is 5.69 Å². The van der Waals surface area contributed by atoms with Crippen LogP contribution in [0.25, 0.3) is 15.3 Å². The van der Waals surface area contributed by atoms with Gasteiger partial charge < -0.3 is 5.32 Å². The second kappa shape index (κ2) is 7.52. The number of aromatic nitrogens is 2. The van der Waals surface area contributed by atoms with Gasteiger partial charge in [0, 0.05) is 30.4 Å². The normalized spacial score (nSPS) is 12.3. The number of nitrogens with zero attached hydrogens (tertiary/aromatic N) is 3. The number of thiophene rings is 1. The molecule has 0 aliphatic rings. The molecule has 0 bridgehead atoms.